The van der Waals surface area contributed by atoms with Crippen LogP contribution in [0.4, 0.5) is 13.2 Å². The first-order valence-corrected chi connectivity index (χ1v) is 10.6. The van der Waals surface area contributed by atoms with Gasteiger partial charge < -0.3 is 20.1 Å². The molecule has 0 spiro atoms. The van der Waals surface area contributed by atoms with Crippen molar-refractivity contribution in [2.45, 2.75) is 38.0 Å². The number of alkyl halides is 3. The van der Waals surface area contributed by atoms with Crippen LogP contribution in [0.3, 0.4) is 0 Å². The van der Waals surface area contributed by atoms with Crippen molar-refractivity contribution >= 4 is 17.6 Å². The Hall–Kier alpha value is -3.04. The molecule has 0 aliphatic rings. The summed E-state index contributed by atoms with van der Waals surface area (Å²) < 4.78 is 46.2. The third-order valence-corrected chi connectivity index (χ3v) is 5.29. The number of carboxylic acid groups (broad SMARTS) is 1. The Morgan fingerprint density at radius 3 is 2.55 bits per heavy atom. The van der Waals surface area contributed by atoms with Crippen LogP contribution in [0.5, 0.6) is 5.75 Å². The molecular weight excluding hydrogens is 459 g/mol. The summed E-state index contributed by atoms with van der Waals surface area (Å²) in [6.07, 6.45) is -1.96. The second kappa shape index (κ2) is 10.7. The molecular formula is C23H23ClF3N3O3. The molecule has 10 heteroatoms. The molecule has 0 saturated carbocycles. The fourth-order valence-corrected chi connectivity index (χ4v) is 3.53. The Kier molecular flexibility index (Phi) is 7.99. The highest BCUT2D eigenvalue weighted by Gasteiger charge is 2.30. The summed E-state index contributed by atoms with van der Waals surface area (Å²) in [5.41, 5.74) is 6.34. The number of aromatic nitrogens is 2. The van der Waals surface area contributed by atoms with Crippen LogP contribution < -0.4 is 10.5 Å². The summed E-state index contributed by atoms with van der Waals surface area (Å²) in [6.45, 7) is 0.650. The predicted octanol–water partition coefficient (Wildman–Crippen LogP) is 5.23. The van der Waals surface area contributed by atoms with Crippen LogP contribution in [-0.2, 0) is 17.5 Å². The van der Waals surface area contributed by atoms with E-state index in [1.165, 1.54) is 18.3 Å². The minimum atomic E-state index is -4.42. The zero-order valence-corrected chi connectivity index (χ0v) is 18.3. The van der Waals surface area contributed by atoms with E-state index >= 15 is 0 Å². The van der Waals surface area contributed by atoms with Gasteiger partial charge in [-0.05, 0) is 31.0 Å². The van der Waals surface area contributed by atoms with E-state index in [0.29, 0.717) is 48.3 Å². The molecule has 0 radical (unpaired) electrons. The first-order valence-electron chi connectivity index (χ1n) is 10.2. The first-order chi connectivity index (χ1) is 15.6. The van der Waals surface area contributed by atoms with Gasteiger partial charge in [-0.15, -0.1) is 0 Å². The maximum absolute atomic E-state index is 12.9. The summed E-state index contributed by atoms with van der Waals surface area (Å²) in [5, 5.41) is 9.11. The molecule has 3 rings (SSSR count). The van der Waals surface area contributed by atoms with Gasteiger partial charge in [0.25, 0.3) is 0 Å². The highest BCUT2D eigenvalue weighted by Crippen LogP contribution is 2.32. The highest BCUT2D eigenvalue weighted by molar-refractivity contribution is 6.29. The normalized spacial score (nSPS) is 12.5. The molecule has 0 aliphatic heterocycles. The number of aliphatic carboxylic acids is 1. The minimum Gasteiger partial charge on any atom is -0.493 e. The molecule has 6 nitrogen and oxygen atoms in total. The van der Waals surface area contributed by atoms with Gasteiger partial charge in [0.15, 0.2) is 0 Å². The summed E-state index contributed by atoms with van der Waals surface area (Å²) in [7, 11) is 0. The molecule has 0 saturated heterocycles. The van der Waals surface area contributed by atoms with Crippen LogP contribution in [0.2, 0.25) is 5.15 Å². The lowest BCUT2D eigenvalue weighted by molar-refractivity contribution is -0.138. The Morgan fingerprint density at radius 2 is 1.88 bits per heavy atom. The fourth-order valence-electron chi connectivity index (χ4n) is 3.34. The second-order valence-electron chi connectivity index (χ2n) is 7.52. The van der Waals surface area contributed by atoms with Crippen molar-refractivity contribution in [3.63, 3.8) is 0 Å². The average molecular weight is 482 g/mol. The van der Waals surface area contributed by atoms with Crippen molar-refractivity contribution in [2.75, 3.05) is 6.61 Å². The average Bonchev–Trinajstić information content (AvgIpc) is 3.11. The monoisotopic (exact) mass is 481 g/mol. The van der Waals surface area contributed by atoms with Gasteiger partial charge in [-0.25, -0.2) is 4.98 Å². The zero-order chi connectivity index (χ0) is 24.0. The van der Waals surface area contributed by atoms with Crippen molar-refractivity contribution in [2.24, 2.45) is 5.73 Å². The lowest BCUT2D eigenvalue weighted by Crippen LogP contribution is -2.24. The summed E-state index contributed by atoms with van der Waals surface area (Å²) >= 11 is 6.32. The summed E-state index contributed by atoms with van der Waals surface area (Å²) in [5.74, 6) is 0.116. The van der Waals surface area contributed by atoms with Gasteiger partial charge in [0.1, 0.15) is 16.7 Å². The number of benzene rings is 2. The fraction of sp³-hybridized carbons (Fsp3) is 0.304. The van der Waals surface area contributed by atoms with E-state index < -0.39 is 23.8 Å². The number of carbonyl (C=O) groups is 1. The first kappa shape index (κ1) is 24.6. The predicted molar refractivity (Wildman–Crippen MR) is 118 cm³/mol. The van der Waals surface area contributed by atoms with Gasteiger partial charge in [-0.2, -0.15) is 13.2 Å². The van der Waals surface area contributed by atoms with Crippen molar-refractivity contribution in [1.82, 2.24) is 9.55 Å². The molecule has 3 aromatic rings. The third kappa shape index (κ3) is 6.72. The zero-order valence-electron chi connectivity index (χ0n) is 17.6. The molecule has 0 amide bonds. The molecule has 0 bridgehead atoms. The molecule has 1 heterocycles. The van der Waals surface area contributed by atoms with Gasteiger partial charge in [0.2, 0.25) is 0 Å². The molecule has 0 unspecified atom stereocenters. The summed E-state index contributed by atoms with van der Waals surface area (Å²) in [6, 6.07) is 11.6. The third-order valence-electron chi connectivity index (χ3n) is 4.99. The van der Waals surface area contributed by atoms with E-state index in [4.69, 9.17) is 27.2 Å². The van der Waals surface area contributed by atoms with Crippen LogP contribution in [0.15, 0.2) is 54.7 Å². The smallest absolute Gasteiger partial charge is 0.416 e. The molecule has 0 fully saturated rings. The van der Waals surface area contributed by atoms with Gasteiger partial charge in [-0.3, -0.25) is 4.79 Å². The molecule has 33 heavy (non-hydrogen) atoms. The van der Waals surface area contributed by atoms with Gasteiger partial charge in [0, 0.05) is 17.2 Å². The van der Waals surface area contributed by atoms with E-state index in [0.717, 1.165) is 17.7 Å². The SMILES string of the molecule is N[C@H](CCCOc1ccccc1Cn1c(Cl)cnc1-c1ccc(C(F)(F)F)cc1)CC(=O)O. The Bertz CT molecular complexity index is 1080. The highest BCUT2D eigenvalue weighted by atomic mass is 35.5. The topological polar surface area (TPSA) is 90.4 Å². The standard InChI is InChI=1S/C23H23ClF3N3O3/c24-20-13-29-22(15-7-9-17(10-8-15)23(25,26)27)30(20)14-16-4-1-2-6-19(16)33-11-3-5-18(28)12-21(31)32/h1-2,4,6-10,13,18H,3,5,11-12,14,28H2,(H,31,32)/t18-/m1/s1. The quantitative estimate of drug-likeness (QED) is 0.387. The van der Waals surface area contributed by atoms with E-state index in [-0.39, 0.29) is 6.42 Å². The number of rotatable bonds is 10. The lowest BCUT2D eigenvalue weighted by atomic mass is 10.1. The van der Waals surface area contributed by atoms with Crippen molar-refractivity contribution in [1.29, 1.82) is 0 Å². The maximum Gasteiger partial charge on any atom is 0.416 e. The van der Waals surface area contributed by atoms with Crippen LogP contribution >= 0.6 is 11.6 Å². The van der Waals surface area contributed by atoms with Gasteiger partial charge >= 0.3 is 12.1 Å². The molecule has 1 aromatic heterocycles. The van der Waals surface area contributed by atoms with Crippen molar-refractivity contribution in [3.05, 3.63) is 71.0 Å². The van der Waals surface area contributed by atoms with Crippen LogP contribution in [-0.4, -0.2) is 33.3 Å². The van der Waals surface area contributed by atoms with Crippen LogP contribution in [0, 0.1) is 0 Å². The van der Waals surface area contributed by atoms with E-state index in [1.54, 1.807) is 10.6 Å². The number of nitrogens with zero attached hydrogens (tertiary/aromatic N) is 2. The summed E-state index contributed by atoms with van der Waals surface area (Å²) in [4.78, 5) is 15.0. The van der Waals surface area contributed by atoms with Crippen molar-refractivity contribution in [3.8, 4) is 17.1 Å². The van der Waals surface area contributed by atoms with Gasteiger partial charge in [0.05, 0.1) is 31.3 Å². The minimum absolute atomic E-state index is 0.0948. The number of ether oxygens (including phenoxy) is 1. The number of carboxylic acids is 1. The Labute approximate surface area is 193 Å². The number of nitrogens with two attached hydrogens (primary N) is 1. The molecule has 2 aromatic carbocycles. The molecule has 0 aliphatic carbocycles. The Balaban J connectivity index is 1.72. The van der Waals surface area contributed by atoms with E-state index in [2.05, 4.69) is 4.98 Å². The number of hydrogen-bond acceptors (Lipinski definition) is 4. The number of hydrogen-bond donors (Lipinski definition) is 2. The lowest BCUT2D eigenvalue weighted by Gasteiger charge is -2.15. The van der Waals surface area contributed by atoms with Crippen LogP contribution in [0.25, 0.3) is 11.4 Å². The Morgan fingerprint density at radius 1 is 1.18 bits per heavy atom. The van der Waals surface area contributed by atoms with E-state index in [9.17, 15) is 18.0 Å². The molecule has 1 atom stereocenters. The second-order valence-corrected chi connectivity index (χ2v) is 7.91. The van der Waals surface area contributed by atoms with E-state index in [1.807, 2.05) is 18.2 Å². The number of imidazole rings is 1. The largest absolute Gasteiger partial charge is 0.493 e. The maximum atomic E-state index is 12.9. The van der Waals surface area contributed by atoms with Crippen LogP contribution in [0.1, 0.15) is 30.4 Å². The number of halogens is 4. The van der Waals surface area contributed by atoms with Gasteiger partial charge in [-0.1, -0.05) is 41.9 Å². The van der Waals surface area contributed by atoms with Crippen molar-refractivity contribution < 1.29 is 27.8 Å². The number of para-hydroxylation sites is 1. The molecule has 176 valence electrons. The molecule has 3 N–H and O–H groups in total.